The van der Waals surface area contributed by atoms with E-state index in [1.807, 2.05) is 28.7 Å². The molecule has 230 valence electrons. The molecule has 45 heavy (non-hydrogen) atoms. The summed E-state index contributed by atoms with van der Waals surface area (Å²) in [6, 6.07) is 13.3. The van der Waals surface area contributed by atoms with Crippen molar-refractivity contribution in [2.24, 2.45) is 0 Å². The quantitative estimate of drug-likeness (QED) is 0.318. The Bertz CT molecular complexity index is 1730. The number of carbonyl (C=O) groups excluding carboxylic acids is 3. The average molecular weight is 744 g/mol. The van der Waals surface area contributed by atoms with Crippen LogP contribution in [-0.4, -0.2) is 45.7 Å². The molecule has 1 aliphatic heterocycles. The lowest BCUT2D eigenvalue weighted by atomic mass is 9.91. The minimum absolute atomic E-state index is 0.00888. The van der Waals surface area contributed by atoms with Crippen LogP contribution in [0.15, 0.2) is 54.7 Å². The molecule has 0 unspecified atom stereocenters. The molecule has 5 rings (SSSR count). The van der Waals surface area contributed by atoms with E-state index >= 15 is 0 Å². The standard InChI is InChI=1S/C31H25ClF2IN7O3/c32-24-4-2-1-3-23(24)27(28(44)39-20-7-10-31(33,34)11-8-20)41(22-14-18(16-36)13-19(35)15-22)29(45)25-5-6-26(43)42(25)30-38-12-9-21(17-37)40-30/h1-4,9,12-15,20,25,27H,5-8,10-11H2,(H,39,44)/t25-,27-/m0/s1. The van der Waals surface area contributed by atoms with Crippen LogP contribution in [0.25, 0.3) is 0 Å². The number of alkyl halides is 2. The number of nitrogens with one attached hydrogen (secondary N) is 1. The molecule has 0 spiro atoms. The largest absolute Gasteiger partial charge is 0.351 e. The predicted octanol–water partition coefficient (Wildman–Crippen LogP) is 5.44. The summed E-state index contributed by atoms with van der Waals surface area (Å²) in [7, 11) is 0. The Balaban J connectivity index is 1.64. The number of hydrogen-bond acceptors (Lipinski definition) is 7. The topological polar surface area (TPSA) is 143 Å². The van der Waals surface area contributed by atoms with Gasteiger partial charge in [-0.05, 0) is 72.2 Å². The van der Waals surface area contributed by atoms with E-state index < -0.39 is 41.8 Å². The fourth-order valence-corrected chi connectivity index (χ4v) is 6.49. The van der Waals surface area contributed by atoms with Crippen LogP contribution in [0.2, 0.25) is 5.02 Å². The van der Waals surface area contributed by atoms with E-state index in [1.165, 1.54) is 23.2 Å². The summed E-state index contributed by atoms with van der Waals surface area (Å²) >= 11 is 8.62. The van der Waals surface area contributed by atoms with Crippen LogP contribution < -0.4 is 15.1 Å². The number of nitriles is 2. The Kier molecular flexibility index (Phi) is 9.60. The summed E-state index contributed by atoms with van der Waals surface area (Å²) in [4.78, 5) is 52.7. The smallest absolute Gasteiger partial charge is 0.251 e. The van der Waals surface area contributed by atoms with Crippen molar-refractivity contribution in [3.63, 3.8) is 0 Å². The number of halogens is 4. The molecule has 2 fully saturated rings. The van der Waals surface area contributed by atoms with E-state index in [-0.39, 0.29) is 72.0 Å². The van der Waals surface area contributed by atoms with Gasteiger partial charge >= 0.3 is 0 Å². The molecule has 14 heteroatoms. The van der Waals surface area contributed by atoms with Gasteiger partial charge in [-0.15, -0.1) is 0 Å². The van der Waals surface area contributed by atoms with Gasteiger partial charge in [0, 0.05) is 51.3 Å². The zero-order valence-electron chi connectivity index (χ0n) is 23.6. The molecule has 2 heterocycles. The number of benzene rings is 2. The summed E-state index contributed by atoms with van der Waals surface area (Å²) in [6.07, 6.45) is 0.638. The average Bonchev–Trinajstić information content (AvgIpc) is 3.41. The molecule has 2 atom stereocenters. The highest BCUT2D eigenvalue weighted by molar-refractivity contribution is 14.1. The van der Waals surface area contributed by atoms with Gasteiger partial charge < -0.3 is 5.32 Å². The molecular weight excluding hydrogens is 719 g/mol. The van der Waals surface area contributed by atoms with E-state index in [0.29, 0.717) is 3.57 Å². The maximum atomic E-state index is 14.8. The Morgan fingerprint density at radius 2 is 1.84 bits per heavy atom. The van der Waals surface area contributed by atoms with Crippen molar-refractivity contribution in [3.05, 3.63) is 80.1 Å². The Labute approximate surface area is 276 Å². The van der Waals surface area contributed by atoms with Crippen molar-refractivity contribution >= 4 is 63.5 Å². The monoisotopic (exact) mass is 743 g/mol. The van der Waals surface area contributed by atoms with Crippen molar-refractivity contribution in [1.82, 2.24) is 15.3 Å². The number of carbonyl (C=O) groups is 3. The fraction of sp³-hybridized carbons (Fsp3) is 0.323. The van der Waals surface area contributed by atoms with Gasteiger partial charge in [-0.3, -0.25) is 24.2 Å². The fourth-order valence-electron chi connectivity index (χ4n) is 5.60. The van der Waals surface area contributed by atoms with E-state index in [1.54, 1.807) is 36.4 Å². The number of hydrogen-bond donors (Lipinski definition) is 1. The van der Waals surface area contributed by atoms with Gasteiger partial charge in [-0.25, -0.2) is 18.7 Å². The van der Waals surface area contributed by atoms with Gasteiger partial charge in [0.2, 0.25) is 23.7 Å². The van der Waals surface area contributed by atoms with Crippen LogP contribution in [0, 0.1) is 26.2 Å². The maximum Gasteiger partial charge on any atom is 0.251 e. The van der Waals surface area contributed by atoms with E-state index in [2.05, 4.69) is 21.4 Å². The second kappa shape index (κ2) is 13.4. The summed E-state index contributed by atoms with van der Waals surface area (Å²) in [6.45, 7) is 0. The Morgan fingerprint density at radius 3 is 2.53 bits per heavy atom. The van der Waals surface area contributed by atoms with Gasteiger partial charge in [0.1, 0.15) is 23.8 Å². The lowest BCUT2D eigenvalue weighted by Crippen LogP contribution is -2.53. The van der Waals surface area contributed by atoms with Gasteiger partial charge in [-0.1, -0.05) is 29.8 Å². The SMILES string of the molecule is N#Cc1cc(I)cc(N(C(=O)[C@@H]2CCC(=O)N2c2nccc(C#N)n2)[C@H](C(=O)NC2CCC(F)(F)CC2)c2ccccc2Cl)c1. The molecule has 2 aliphatic rings. The van der Waals surface area contributed by atoms with Crippen LogP contribution in [-0.2, 0) is 14.4 Å². The molecule has 1 saturated heterocycles. The minimum Gasteiger partial charge on any atom is -0.351 e. The van der Waals surface area contributed by atoms with Crippen molar-refractivity contribution in [1.29, 1.82) is 10.5 Å². The first-order valence-corrected chi connectivity index (χ1v) is 15.5. The number of rotatable bonds is 7. The maximum absolute atomic E-state index is 14.8. The van der Waals surface area contributed by atoms with Crippen molar-refractivity contribution in [2.75, 3.05) is 9.80 Å². The third kappa shape index (κ3) is 7.05. The third-order valence-electron chi connectivity index (χ3n) is 7.77. The van der Waals surface area contributed by atoms with Crippen molar-refractivity contribution < 1.29 is 23.2 Å². The molecule has 1 aromatic heterocycles. The lowest BCUT2D eigenvalue weighted by Gasteiger charge is -2.37. The van der Waals surface area contributed by atoms with E-state index in [0.717, 1.165) is 4.90 Å². The van der Waals surface area contributed by atoms with Crippen LogP contribution in [0.3, 0.4) is 0 Å². The molecule has 3 aromatic rings. The normalized spacial score (nSPS) is 18.5. The number of anilines is 2. The molecule has 1 N–H and O–H groups in total. The molecule has 0 bridgehead atoms. The molecule has 3 amide bonds. The third-order valence-corrected chi connectivity index (χ3v) is 8.73. The first kappa shape index (κ1) is 32.2. The predicted molar refractivity (Wildman–Crippen MR) is 168 cm³/mol. The number of aromatic nitrogens is 2. The zero-order chi connectivity index (χ0) is 32.3. The summed E-state index contributed by atoms with van der Waals surface area (Å²) in [5, 5.41) is 22.1. The van der Waals surface area contributed by atoms with Crippen LogP contribution in [0.1, 0.15) is 61.4 Å². The first-order chi connectivity index (χ1) is 21.5. The van der Waals surface area contributed by atoms with E-state index in [4.69, 9.17) is 11.6 Å². The van der Waals surface area contributed by atoms with Gasteiger partial charge in [0.25, 0.3) is 5.91 Å². The minimum atomic E-state index is -2.82. The molecule has 1 aliphatic carbocycles. The van der Waals surface area contributed by atoms with Gasteiger partial charge in [0.15, 0.2) is 0 Å². The highest BCUT2D eigenvalue weighted by Gasteiger charge is 2.45. The molecule has 0 radical (unpaired) electrons. The number of amides is 3. The highest BCUT2D eigenvalue weighted by Crippen LogP contribution is 2.38. The Hall–Kier alpha value is -4.21. The van der Waals surface area contributed by atoms with Crippen molar-refractivity contribution in [2.45, 2.75) is 62.6 Å². The van der Waals surface area contributed by atoms with Gasteiger partial charge in [0.05, 0.1) is 11.6 Å². The molecule has 1 saturated carbocycles. The van der Waals surface area contributed by atoms with Crippen molar-refractivity contribution in [3.8, 4) is 12.1 Å². The second-order valence-electron chi connectivity index (χ2n) is 10.8. The van der Waals surface area contributed by atoms with E-state index in [9.17, 15) is 33.7 Å². The molecular formula is C31H25ClF2IN7O3. The highest BCUT2D eigenvalue weighted by atomic mass is 127. The van der Waals surface area contributed by atoms with Crippen LogP contribution >= 0.6 is 34.2 Å². The summed E-state index contributed by atoms with van der Waals surface area (Å²) in [5.41, 5.74) is 0.643. The number of nitrogens with zero attached hydrogens (tertiary/aromatic N) is 6. The van der Waals surface area contributed by atoms with Crippen LogP contribution in [0.4, 0.5) is 20.4 Å². The first-order valence-electron chi connectivity index (χ1n) is 14.0. The Morgan fingerprint density at radius 1 is 1.11 bits per heavy atom. The summed E-state index contributed by atoms with van der Waals surface area (Å²) in [5.74, 6) is -4.76. The molecule has 2 aromatic carbocycles. The zero-order valence-corrected chi connectivity index (χ0v) is 26.5. The summed E-state index contributed by atoms with van der Waals surface area (Å²) < 4.78 is 28.4. The second-order valence-corrected chi connectivity index (χ2v) is 12.4. The van der Waals surface area contributed by atoms with Crippen LogP contribution in [0.5, 0.6) is 0 Å². The lowest BCUT2D eigenvalue weighted by molar-refractivity contribution is -0.128. The van der Waals surface area contributed by atoms with Gasteiger partial charge in [-0.2, -0.15) is 10.5 Å². The molecule has 10 nitrogen and oxygen atoms in total.